The fraction of sp³-hybridized carbons (Fsp3) is 0.314. The molecule has 0 amide bonds. The van der Waals surface area contributed by atoms with Crippen LogP contribution in [0.1, 0.15) is 40.9 Å². The maximum Gasteiger partial charge on any atom is 0.338 e. The van der Waals surface area contributed by atoms with Crippen molar-refractivity contribution < 1.29 is 27.8 Å². The number of aromatic carboxylic acids is 1. The van der Waals surface area contributed by atoms with Gasteiger partial charge in [-0.1, -0.05) is 41.9 Å². The predicted octanol–water partition coefficient (Wildman–Crippen LogP) is 10.0. The third-order valence-corrected chi connectivity index (χ3v) is 15.5. The Hall–Kier alpha value is -5.51. The van der Waals surface area contributed by atoms with Gasteiger partial charge >= 0.3 is 5.97 Å². The number of likely N-dealkylation sites (tertiary alicyclic amines) is 1. The number of nitrogens with one attached hydrogen (secondary N) is 2. The average Bonchev–Trinajstić information content (AvgIpc) is 3.58. The minimum Gasteiger partial charge on any atom is -0.478 e. The van der Waals surface area contributed by atoms with E-state index in [1.807, 2.05) is 73.1 Å². The fourth-order valence-corrected chi connectivity index (χ4v) is 11.2. The van der Waals surface area contributed by atoms with Crippen LogP contribution >= 0.6 is 23.4 Å². The quantitative estimate of drug-likeness (QED) is 0.0696. The van der Waals surface area contributed by atoms with Crippen LogP contribution in [0.5, 0.6) is 0 Å². The molecule has 11 nitrogen and oxygen atoms in total. The molecule has 6 aromatic rings. The van der Waals surface area contributed by atoms with Gasteiger partial charge in [0.2, 0.25) is 0 Å². The number of anilines is 4. The molecule has 2 aliphatic heterocycles. The number of hydrogen-bond acceptors (Lipinski definition) is 9. The molecule has 0 spiro atoms. The number of aliphatic hydroxyl groups excluding tert-OH is 1. The van der Waals surface area contributed by atoms with E-state index in [9.17, 15) is 23.4 Å². The normalized spacial score (nSPS) is 15.5. The monoisotopic (exact) mass is 950 g/mol. The van der Waals surface area contributed by atoms with E-state index in [1.165, 1.54) is 17.0 Å². The molecule has 0 radical (unpaired) electrons. The first-order valence-electron chi connectivity index (χ1n) is 22.3. The number of halogens is 2. The number of piperazine rings is 1. The van der Waals surface area contributed by atoms with Crippen LogP contribution in [-0.2, 0) is 17.1 Å². The van der Waals surface area contributed by atoms with E-state index in [1.54, 1.807) is 55.1 Å². The summed E-state index contributed by atoms with van der Waals surface area (Å²) in [4.78, 5) is 20.7. The molecular weight excluding hydrogens is 895 g/mol. The van der Waals surface area contributed by atoms with Gasteiger partial charge in [-0.25, -0.2) is 17.6 Å². The van der Waals surface area contributed by atoms with Crippen LogP contribution in [0.4, 0.5) is 27.1 Å². The van der Waals surface area contributed by atoms with E-state index in [4.69, 9.17) is 11.6 Å². The van der Waals surface area contributed by atoms with Gasteiger partial charge in [-0.3, -0.25) is 4.72 Å². The van der Waals surface area contributed by atoms with Crippen molar-refractivity contribution in [3.8, 4) is 22.4 Å². The van der Waals surface area contributed by atoms with Gasteiger partial charge in [0.05, 0.1) is 22.3 Å². The van der Waals surface area contributed by atoms with Crippen LogP contribution in [0.25, 0.3) is 22.4 Å². The van der Waals surface area contributed by atoms with Gasteiger partial charge in [-0.05, 0) is 135 Å². The number of benzene rings is 5. The van der Waals surface area contributed by atoms with Crippen molar-refractivity contribution >= 4 is 62.1 Å². The lowest BCUT2D eigenvalue weighted by molar-refractivity contribution is 0.0696. The first-order chi connectivity index (χ1) is 31.7. The number of thioether (sulfide) groups is 1. The van der Waals surface area contributed by atoms with Gasteiger partial charge in [0.15, 0.2) is 0 Å². The van der Waals surface area contributed by atoms with E-state index in [2.05, 4.69) is 36.9 Å². The van der Waals surface area contributed by atoms with E-state index >= 15 is 4.39 Å². The zero-order valence-corrected chi connectivity index (χ0v) is 39.8. The van der Waals surface area contributed by atoms with E-state index in [0.29, 0.717) is 65.1 Å². The number of carbonyl (C=O) groups is 1. The minimum absolute atomic E-state index is 0.121. The molecule has 1 aromatic heterocycles. The summed E-state index contributed by atoms with van der Waals surface area (Å²) in [6.07, 6.45) is 2.30. The third-order valence-electron chi connectivity index (χ3n) is 12.7. The Balaban J connectivity index is 0.904. The van der Waals surface area contributed by atoms with Crippen molar-refractivity contribution in [3.05, 3.63) is 143 Å². The summed E-state index contributed by atoms with van der Waals surface area (Å²) >= 11 is 7.98. The zero-order valence-electron chi connectivity index (χ0n) is 37.4. The maximum absolute atomic E-state index is 15.5. The number of hydrogen-bond donors (Lipinski definition) is 4. The molecule has 8 rings (SSSR count). The summed E-state index contributed by atoms with van der Waals surface area (Å²) in [6.45, 7) is 8.80. The number of nitrogens with zero attached hydrogens (tertiary/aromatic N) is 4. The van der Waals surface area contributed by atoms with Crippen molar-refractivity contribution in [2.45, 2.75) is 55.0 Å². The van der Waals surface area contributed by atoms with E-state index < -0.39 is 21.8 Å². The van der Waals surface area contributed by atoms with Gasteiger partial charge in [0, 0.05) is 109 Å². The number of carboxylic acids is 1. The van der Waals surface area contributed by atoms with Crippen molar-refractivity contribution in [1.29, 1.82) is 0 Å². The second-order valence-corrected chi connectivity index (χ2v) is 20.4. The van der Waals surface area contributed by atoms with Crippen LogP contribution in [0.2, 0.25) is 5.02 Å². The Morgan fingerprint density at radius 1 is 0.833 bits per heavy atom. The number of sulfonamides is 1. The molecule has 2 fully saturated rings. The molecule has 5 aromatic carbocycles. The van der Waals surface area contributed by atoms with E-state index in [-0.39, 0.29) is 22.6 Å². The summed E-state index contributed by atoms with van der Waals surface area (Å²) in [5.74, 6) is -0.704. The predicted molar refractivity (Wildman–Crippen MR) is 267 cm³/mol. The van der Waals surface area contributed by atoms with Crippen molar-refractivity contribution in [2.75, 3.05) is 71.4 Å². The molecule has 0 saturated carbocycles. The molecule has 4 N–H and O–H groups in total. The van der Waals surface area contributed by atoms with E-state index in [0.717, 1.165) is 67.2 Å². The second kappa shape index (κ2) is 20.6. The summed E-state index contributed by atoms with van der Waals surface area (Å²) < 4.78 is 47.4. The van der Waals surface area contributed by atoms with Crippen molar-refractivity contribution in [3.63, 3.8) is 0 Å². The number of carboxylic acid groups (broad SMARTS) is 1. The van der Waals surface area contributed by atoms with Crippen molar-refractivity contribution in [1.82, 2.24) is 9.47 Å². The molecule has 0 aliphatic carbocycles. The Morgan fingerprint density at radius 3 is 2.15 bits per heavy atom. The number of aromatic nitrogens is 1. The fourth-order valence-electron chi connectivity index (χ4n) is 8.95. The molecule has 0 unspecified atom stereocenters. The summed E-state index contributed by atoms with van der Waals surface area (Å²) in [5.41, 5.74) is 6.79. The molecule has 0 bridgehead atoms. The Bertz CT molecular complexity index is 2760. The highest BCUT2D eigenvalue weighted by Gasteiger charge is 2.28. The zero-order chi connectivity index (χ0) is 46.5. The van der Waals surface area contributed by atoms with Crippen LogP contribution in [0.15, 0.2) is 125 Å². The van der Waals surface area contributed by atoms with Crippen molar-refractivity contribution in [2.24, 2.45) is 7.05 Å². The lowest BCUT2D eigenvalue weighted by Gasteiger charge is -2.37. The van der Waals surface area contributed by atoms with Crippen LogP contribution < -0.4 is 19.8 Å². The minimum atomic E-state index is -3.89. The summed E-state index contributed by atoms with van der Waals surface area (Å²) in [5, 5.41) is 24.6. The highest BCUT2D eigenvalue weighted by Crippen LogP contribution is 2.41. The molecular formula is C51H56ClFN6O5S2. The Morgan fingerprint density at radius 2 is 1.50 bits per heavy atom. The topological polar surface area (TPSA) is 130 Å². The smallest absolute Gasteiger partial charge is 0.338 e. The molecule has 3 heterocycles. The first-order valence-corrected chi connectivity index (χ1v) is 25.1. The number of rotatable bonds is 16. The highest BCUT2D eigenvalue weighted by molar-refractivity contribution is 7.99. The molecule has 1 atom stereocenters. The second-order valence-electron chi connectivity index (χ2n) is 17.2. The standard InChI is InChI=1S/C51H56ClFN6O5S2/c1-34-29-46(17-18-47(34)54-41(33-65-45-7-5-4-6-8-45)19-22-57-23-20-44(60)21-24-57)66(63,64)55-40-13-15-42(16-14-40)58-25-27-59(28-26-58)43-31-37(30-39(53)32-43)49-48(51(61)62)35(2)56(3)50(49)36-9-11-38(52)12-10-36/h4-18,29-32,41,44,54-55,60H,19-28,33H2,1-3H3,(H,61,62)/t41-/m1/s1. The third kappa shape index (κ3) is 11.0. The van der Waals surface area contributed by atoms with Gasteiger partial charge in [0.1, 0.15) is 5.82 Å². The van der Waals surface area contributed by atoms with Crippen LogP contribution in [0.3, 0.4) is 0 Å². The molecule has 15 heteroatoms. The van der Waals surface area contributed by atoms with Gasteiger partial charge in [0.25, 0.3) is 10.0 Å². The number of aliphatic hydroxyl groups is 1. The maximum atomic E-state index is 15.5. The van der Waals surface area contributed by atoms with Crippen LogP contribution in [-0.4, -0.2) is 97.8 Å². The van der Waals surface area contributed by atoms with Crippen LogP contribution in [0, 0.1) is 19.7 Å². The van der Waals surface area contributed by atoms with Gasteiger partial charge in [-0.2, -0.15) is 0 Å². The largest absolute Gasteiger partial charge is 0.478 e. The molecule has 346 valence electrons. The highest BCUT2D eigenvalue weighted by atomic mass is 35.5. The lowest BCUT2D eigenvalue weighted by atomic mass is 9.96. The average molecular weight is 952 g/mol. The number of aryl methyl sites for hydroxylation is 1. The van der Waals surface area contributed by atoms with Gasteiger partial charge in [-0.15, -0.1) is 11.8 Å². The summed E-state index contributed by atoms with van der Waals surface area (Å²) in [7, 11) is -2.08. The SMILES string of the molecule is Cc1cc(S(=O)(=O)Nc2ccc(N3CCN(c4cc(F)cc(-c5c(C(=O)O)c(C)n(C)c5-c5ccc(Cl)cc5)c4)CC3)cc2)ccc1N[C@H](CCN1CCC(O)CC1)CSc1ccccc1. The van der Waals surface area contributed by atoms with Gasteiger partial charge < -0.3 is 34.8 Å². The Labute approximate surface area is 396 Å². The first kappa shape index (κ1) is 47.0. The Kier molecular flexibility index (Phi) is 14.6. The molecule has 2 aliphatic rings. The molecule has 66 heavy (non-hydrogen) atoms. The lowest BCUT2D eigenvalue weighted by Crippen LogP contribution is -2.46. The summed E-state index contributed by atoms with van der Waals surface area (Å²) in [6, 6.07) is 34.9. The number of piperidine rings is 1. The molecule has 2 saturated heterocycles.